The molecule has 2 aliphatic rings. The maximum Gasteiger partial charge on any atom is 0.269 e. The van der Waals surface area contributed by atoms with Crippen LogP contribution in [0.15, 0.2) is 24.9 Å². The number of amides is 2. The van der Waals surface area contributed by atoms with Gasteiger partial charge in [-0.3, -0.25) is 9.59 Å². The van der Waals surface area contributed by atoms with Gasteiger partial charge in [0.25, 0.3) is 5.91 Å². The van der Waals surface area contributed by atoms with E-state index in [1.165, 1.54) is 12.5 Å². The number of likely N-dealkylation sites (tertiary alicyclic amines) is 1. The average molecular weight is 328 g/mol. The summed E-state index contributed by atoms with van der Waals surface area (Å²) in [5, 5.41) is 3.06. The number of aromatic amines is 1. The van der Waals surface area contributed by atoms with E-state index in [9.17, 15) is 9.59 Å². The molecule has 2 aromatic heterocycles. The normalized spacial score (nSPS) is 24.2. The number of nitrogens with one attached hydrogen (secondary N) is 2. The molecule has 8 nitrogen and oxygen atoms in total. The summed E-state index contributed by atoms with van der Waals surface area (Å²) in [5.41, 5.74) is 0.420. The molecule has 0 aromatic carbocycles. The number of hydrogen-bond donors (Lipinski definition) is 2. The Morgan fingerprint density at radius 3 is 2.83 bits per heavy atom. The van der Waals surface area contributed by atoms with Crippen LogP contribution in [0.25, 0.3) is 0 Å². The summed E-state index contributed by atoms with van der Waals surface area (Å²) in [6, 6.07) is -0.128. The molecule has 2 fully saturated rings. The minimum absolute atomic E-state index is 0.150. The molecular weight excluding hydrogens is 308 g/mol. The second kappa shape index (κ2) is 5.77. The van der Waals surface area contributed by atoms with Crippen molar-refractivity contribution in [1.82, 2.24) is 29.7 Å². The molecule has 1 aliphatic heterocycles. The zero-order valence-corrected chi connectivity index (χ0v) is 13.5. The fourth-order valence-corrected chi connectivity index (χ4v) is 3.44. The maximum atomic E-state index is 12.5. The van der Waals surface area contributed by atoms with Crippen LogP contribution in [0.3, 0.4) is 0 Å². The van der Waals surface area contributed by atoms with Crippen LogP contribution >= 0.6 is 0 Å². The topological polar surface area (TPSA) is 95.9 Å². The molecule has 24 heavy (non-hydrogen) atoms. The van der Waals surface area contributed by atoms with Gasteiger partial charge >= 0.3 is 0 Å². The van der Waals surface area contributed by atoms with Gasteiger partial charge in [-0.2, -0.15) is 0 Å². The van der Waals surface area contributed by atoms with E-state index < -0.39 is 0 Å². The van der Waals surface area contributed by atoms with Crippen molar-refractivity contribution in [3.8, 4) is 0 Å². The summed E-state index contributed by atoms with van der Waals surface area (Å²) in [5.74, 6) is 0.754. The molecule has 8 heteroatoms. The molecule has 2 aromatic rings. The van der Waals surface area contributed by atoms with Crippen molar-refractivity contribution in [1.29, 1.82) is 0 Å². The predicted octanol–water partition coefficient (Wildman–Crippen LogP) is 0.768. The van der Waals surface area contributed by atoms with Crippen LogP contribution in [0, 0.1) is 0 Å². The number of carbonyl (C=O) groups excluding carboxylic acids is 2. The third-order valence-electron chi connectivity index (χ3n) is 4.76. The van der Waals surface area contributed by atoms with E-state index in [0.29, 0.717) is 18.5 Å². The first-order valence-corrected chi connectivity index (χ1v) is 8.23. The van der Waals surface area contributed by atoms with E-state index in [-0.39, 0.29) is 29.9 Å². The quantitative estimate of drug-likeness (QED) is 0.866. The number of carbonyl (C=O) groups is 2. The van der Waals surface area contributed by atoms with Crippen molar-refractivity contribution in [3.63, 3.8) is 0 Å². The highest BCUT2D eigenvalue weighted by atomic mass is 16.2. The lowest BCUT2D eigenvalue weighted by atomic mass is 9.94. The number of H-pyrrole nitrogens is 1. The summed E-state index contributed by atoms with van der Waals surface area (Å²) in [6.45, 7) is 0. The van der Waals surface area contributed by atoms with Crippen molar-refractivity contribution < 1.29 is 9.59 Å². The Morgan fingerprint density at radius 2 is 2.21 bits per heavy atom. The number of rotatable bonds is 4. The van der Waals surface area contributed by atoms with Crippen LogP contribution in [0.2, 0.25) is 0 Å². The summed E-state index contributed by atoms with van der Waals surface area (Å²) < 4.78 is 1.92. The summed E-state index contributed by atoms with van der Waals surface area (Å²) >= 11 is 0. The largest absolute Gasteiger partial charge is 0.345 e. The van der Waals surface area contributed by atoms with Crippen molar-refractivity contribution in [2.75, 3.05) is 0 Å². The van der Waals surface area contributed by atoms with Gasteiger partial charge in [0.15, 0.2) is 0 Å². The molecule has 0 radical (unpaired) electrons. The Bertz CT molecular complexity index is 748. The van der Waals surface area contributed by atoms with Crippen molar-refractivity contribution in [2.45, 2.75) is 43.8 Å². The van der Waals surface area contributed by atoms with E-state index in [1.807, 2.05) is 22.7 Å². The van der Waals surface area contributed by atoms with Crippen molar-refractivity contribution in [3.05, 3.63) is 36.4 Å². The number of nitrogens with zero attached hydrogens (tertiary/aromatic N) is 4. The minimum atomic E-state index is -0.231. The lowest BCUT2D eigenvalue weighted by molar-refractivity contribution is -0.138. The highest BCUT2D eigenvalue weighted by molar-refractivity contribution is 5.92. The number of aryl methyl sites for hydroxylation is 1. The van der Waals surface area contributed by atoms with Gasteiger partial charge in [-0.05, 0) is 19.3 Å². The Morgan fingerprint density at radius 1 is 1.38 bits per heavy atom. The highest BCUT2D eigenvalue weighted by Crippen LogP contribution is 2.40. The van der Waals surface area contributed by atoms with Crippen LogP contribution < -0.4 is 5.32 Å². The van der Waals surface area contributed by atoms with E-state index in [2.05, 4.69) is 20.3 Å². The predicted molar refractivity (Wildman–Crippen MR) is 84.9 cm³/mol. The molecular formula is C16H20N6O2. The van der Waals surface area contributed by atoms with Crippen molar-refractivity contribution >= 4 is 11.8 Å². The van der Waals surface area contributed by atoms with Gasteiger partial charge < -0.3 is 19.8 Å². The number of piperidine rings is 1. The Balaban J connectivity index is 1.64. The number of hydrogen-bond acceptors (Lipinski definition) is 4. The maximum absolute atomic E-state index is 12.5. The number of aromatic nitrogens is 4. The molecule has 4 rings (SSSR count). The standard InChI is InChI=1S/C16H20N6O2/c1-21-7-6-18-15(21)14-11(20-16(24)12-8-17-9-19-12)4-5-13(23)22(14)10-2-3-10/h6-11,14H,2-5H2,1H3,(H,17,19)(H,20,24)/t11-,14-/m1/s1. The summed E-state index contributed by atoms with van der Waals surface area (Å²) in [4.78, 5) is 38.0. The summed E-state index contributed by atoms with van der Waals surface area (Å²) in [6.07, 6.45) is 9.68. The molecule has 1 aliphatic carbocycles. The highest BCUT2D eigenvalue weighted by Gasteiger charge is 2.46. The second-order valence-electron chi connectivity index (χ2n) is 6.46. The lowest BCUT2D eigenvalue weighted by Crippen LogP contribution is -2.53. The van der Waals surface area contributed by atoms with E-state index >= 15 is 0 Å². The molecule has 2 amide bonds. The fraction of sp³-hybridized carbons (Fsp3) is 0.500. The van der Waals surface area contributed by atoms with Gasteiger partial charge in [-0.15, -0.1) is 0 Å². The van der Waals surface area contributed by atoms with Crippen LogP contribution in [-0.4, -0.2) is 48.3 Å². The van der Waals surface area contributed by atoms with Gasteiger partial charge in [-0.25, -0.2) is 9.97 Å². The van der Waals surface area contributed by atoms with Crippen molar-refractivity contribution in [2.24, 2.45) is 7.05 Å². The molecule has 1 saturated carbocycles. The SMILES string of the molecule is Cn1ccnc1[C@H]1[C@H](NC(=O)c2cnc[nH]2)CCC(=O)N1C1CC1. The zero-order chi connectivity index (χ0) is 16.7. The molecule has 2 atom stereocenters. The molecule has 3 heterocycles. The van der Waals surface area contributed by atoms with Crippen LogP contribution in [0.1, 0.15) is 48.0 Å². The fourth-order valence-electron chi connectivity index (χ4n) is 3.44. The molecule has 1 saturated heterocycles. The van der Waals surface area contributed by atoms with Gasteiger partial charge in [-0.1, -0.05) is 0 Å². The zero-order valence-electron chi connectivity index (χ0n) is 13.5. The van der Waals surface area contributed by atoms with E-state index in [4.69, 9.17) is 0 Å². The minimum Gasteiger partial charge on any atom is -0.345 e. The lowest BCUT2D eigenvalue weighted by Gasteiger charge is -2.41. The summed E-state index contributed by atoms with van der Waals surface area (Å²) in [7, 11) is 1.92. The number of imidazole rings is 2. The Kier molecular flexibility index (Phi) is 3.59. The Hall–Kier alpha value is -2.64. The molecule has 126 valence electrons. The van der Waals surface area contributed by atoms with Gasteiger partial charge in [0, 0.05) is 31.9 Å². The van der Waals surface area contributed by atoms with Crippen LogP contribution in [0.5, 0.6) is 0 Å². The van der Waals surface area contributed by atoms with Gasteiger partial charge in [0.05, 0.1) is 18.6 Å². The molecule has 0 bridgehead atoms. The average Bonchev–Trinajstić information content (AvgIpc) is 3.07. The molecule has 2 N–H and O–H groups in total. The smallest absolute Gasteiger partial charge is 0.269 e. The first kappa shape index (κ1) is 14.9. The van der Waals surface area contributed by atoms with E-state index in [0.717, 1.165) is 18.7 Å². The van der Waals surface area contributed by atoms with Crippen LogP contribution in [-0.2, 0) is 11.8 Å². The molecule has 0 unspecified atom stereocenters. The van der Waals surface area contributed by atoms with Gasteiger partial charge in [0.1, 0.15) is 17.6 Å². The first-order valence-electron chi connectivity index (χ1n) is 8.23. The van der Waals surface area contributed by atoms with Gasteiger partial charge in [0.2, 0.25) is 5.91 Å². The molecule has 0 spiro atoms. The first-order chi connectivity index (χ1) is 11.6. The third kappa shape index (κ3) is 2.57. The second-order valence-corrected chi connectivity index (χ2v) is 6.46. The monoisotopic (exact) mass is 328 g/mol. The van der Waals surface area contributed by atoms with Crippen LogP contribution in [0.4, 0.5) is 0 Å². The Labute approximate surface area is 139 Å². The third-order valence-corrected chi connectivity index (χ3v) is 4.76. The van der Waals surface area contributed by atoms with E-state index in [1.54, 1.807) is 6.20 Å².